The molecule has 6 nitrogen and oxygen atoms in total. The van der Waals surface area contributed by atoms with Crippen LogP contribution in [0.5, 0.6) is 0 Å². The number of aryl methyl sites for hydroxylation is 2. The van der Waals surface area contributed by atoms with Crippen LogP contribution in [0.3, 0.4) is 0 Å². The predicted octanol–water partition coefficient (Wildman–Crippen LogP) is 2.65. The summed E-state index contributed by atoms with van der Waals surface area (Å²) in [6, 6.07) is 5.68. The van der Waals surface area contributed by atoms with E-state index in [1.165, 1.54) is 0 Å². The molecule has 1 aromatic carbocycles. The minimum absolute atomic E-state index is 0.0105. The van der Waals surface area contributed by atoms with Crippen molar-refractivity contribution < 1.29 is 4.79 Å². The summed E-state index contributed by atoms with van der Waals surface area (Å²) >= 11 is 0. The number of nitrogens with zero attached hydrogens (tertiary/aromatic N) is 3. The molecule has 0 fully saturated rings. The maximum atomic E-state index is 12.3. The van der Waals surface area contributed by atoms with Gasteiger partial charge in [-0.05, 0) is 32.0 Å². The number of rotatable bonds is 4. The Balaban J connectivity index is 1.70. The number of aromatic amines is 1. The van der Waals surface area contributed by atoms with E-state index in [-0.39, 0.29) is 11.8 Å². The van der Waals surface area contributed by atoms with Crippen LogP contribution in [0.4, 0.5) is 5.69 Å². The van der Waals surface area contributed by atoms with Crippen molar-refractivity contribution in [1.82, 2.24) is 19.5 Å². The van der Waals surface area contributed by atoms with Crippen LogP contribution in [0, 0.1) is 19.8 Å². The van der Waals surface area contributed by atoms with E-state index in [2.05, 4.69) is 20.3 Å². The molecule has 0 bridgehead atoms. The summed E-state index contributed by atoms with van der Waals surface area (Å²) in [6.45, 7) is 6.36. The molecule has 3 aromatic rings. The van der Waals surface area contributed by atoms with Crippen LogP contribution in [0.2, 0.25) is 0 Å². The van der Waals surface area contributed by atoms with Crippen molar-refractivity contribution in [3.05, 3.63) is 42.2 Å². The lowest BCUT2D eigenvalue weighted by atomic mass is 10.1. The molecule has 2 heterocycles. The van der Waals surface area contributed by atoms with Gasteiger partial charge in [0.05, 0.1) is 17.0 Å². The topological polar surface area (TPSA) is 75.6 Å². The van der Waals surface area contributed by atoms with Crippen LogP contribution in [-0.4, -0.2) is 25.4 Å². The molecule has 2 N–H and O–H groups in total. The zero-order valence-electron chi connectivity index (χ0n) is 12.9. The summed E-state index contributed by atoms with van der Waals surface area (Å²) in [5.41, 5.74) is 2.60. The first-order chi connectivity index (χ1) is 10.5. The number of aromatic nitrogens is 4. The third kappa shape index (κ3) is 2.86. The zero-order chi connectivity index (χ0) is 15.7. The van der Waals surface area contributed by atoms with Crippen LogP contribution in [-0.2, 0) is 11.3 Å². The van der Waals surface area contributed by atoms with Crippen molar-refractivity contribution in [3.63, 3.8) is 0 Å². The van der Waals surface area contributed by atoms with Gasteiger partial charge in [-0.15, -0.1) is 0 Å². The van der Waals surface area contributed by atoms with E-state index in [1.54, 1.807) is 6.20 Å². The first-order valence-corrected chi connectivity index (χ1v) is 7.28. The molecular formula is C16H19N5O. The van der Waals surface area contributed by atoms with Crippen LogP contribution < -0.4 is 5.32 Å². The first-order valence-electron chi connectivity index (χ1n) is 7.28. The van der Waals surface area contributed by atoms with Gasteiger partial charge in [-0.1, -0.05) is 6.92 Å². The highest BCUT2D eigenvalue weighted by atomic mass is 16.1. The molecule has 22 heavy (non-hydrogen) atoms. The zero-order valence-corrected chi connectivity index (χ0v) is 12.9. The number of carbonyl (C=O) groups excluding carboxylic acids is 1. The van der Waals surface area contributed by atoms with Gasteiger partial charge in [0.25, 0.3) is 0 Å². The number of amides is 1. The number of anilines is 1. The van der Waals surface area contributed by atoms with E-state index in [9.17, 15) is 4.79 Å². The Kier molecular flexibility index (Phi) is 3.66. The summed E-state index contributed by atoms with van der Waals surface area (Å²) in [5, 5.41) is 2.95. The highest BCUT2D eigenvalue weighted by Crippen LogP contribution is 2.18. The fraction of sp³-hybridized carbons (Fsp3) is 0.312. The van der Waals surface area contributed by atoms with Crippen molar-refractivity contribution >= 4 is 22.6 Å². The lowest BCUT2D eigenvalue weighted by Gasteiger charge is -2.14. The molecule has 0 spiro atoms. The first kappa shape index (κ1) is 14.3. The lowest BCUT2D eigenvalue weighted by Crippen LogP contribution is -2.24. The minimum atomic E-state index is -0.146. The average Bonchev–Trinajstić information content (AvgIpc) is 3.03. The predicted molar refractivity (Wildman–Crippen MR) is 85.6 cm³/mol. The summed E-state index contributed by atoms with van der Waals surface area (Å²) in [6.07, 6.45) is 3.63. The van der Waals surface area contributed by atoms with Gasteiger partial charge in [-0.3, -0.25) is 4.79 Å². The van der Waals surface area contributed by atoms with E-state index < -0.39 is 0 Å². The van der Waals surface area contributed by atoms with Gasteiger partial charge in [-0.2, -0.15) is 0 Å². The molecule has 6 heteroatoms. The van der Waals surface area contributed by atoms with Gasteiger partial charge in [0.2, 0.25) is 5.91 Å². The van der Waals surface area contributed by atoms with Gasteiger partial charge in [0, 0.05) is 24.6 Å². The minimum Gasteiger partial charge on any atom is -0.342 e. The van der Waals surface area contributed by atoms with Gasteiger partial charge < -0.3 is 14.9 Å². The number of fused-ring (bicyclic) bond motifs is 1. The molecule has 0 unspecified atom stereocenters. The molecule has 0 saturated heterocycles. The van der Waals surface area contributed by atoms with Crippen LogP contribution in [0.15, 0.2) is 30.6 Å². The van der Waals surface area contributed by atoms with Gasteiger partial charge in [-0.25, -0.2) is 9.97 Å². The highest BCUT2D eigenvalue weighted by Gasteiger charge is 2.15. The average molecular weight is 297 g/mol. The van der Waals surface area contributed by atoms with Crippen molar-refractivity contribution in [3.8, 4) is 0 Å². The largest absolute Gasteiger partial charge is 0.342 e. The van der Waals surface area contributed by atoms with Crippen LogP contribution >= 0.6 is 0 Å². The molecule has 0 aliphatic heterocycles. The second-order valence-electron chi connectivity index (χ2n) is 5.57. The standard InChI is InChI=1S/C16H19N5O/c1-10(9-21-7-6-17-12(21)3)16(22)20-13-4-5-14-15(8-13)19-11(2)18-14/h4-8,10H,9H2,1-3H3,(H,18,19)(H,20,22)/t10-/m0/s1. The second-order valence-corrected chi connectivity index (χ2v) is 5.57. The van der Waals surface area contributed by atoms with E-state index in [1.807, 2.05) is 49.7 Å². The number of carbonyl (C=O) groups is 1. The fourth-order valence-corrected chi connectivity index (χ4v) is 2.46. The summed E-state index contributed by atoms with van der Waals surface area (Å²) in [4.78, 5) is 24.0. The molecule has 3 rings (SSSR count). The third-order valence-electron chi connectivity index (χ3n) is 3.71. The number of imidazole rings is 2. The molecular weight excluding hydrogens is 278 g/mol. The Morgan fingerprint density at radius 2 is 2.23 bits per heavy atom. The number of benzene rings is 1. The van der Waals surface area contributed by atoms with E-state index in [0.717, 1.165) is 28.4 Å². The fourth-order valence-electron chi connectivity index (χ4n) is 2.46. The molecule has 114 valence electrons. The normalized spacial score (nSPS) is 12.5. The Morgan fingerprint density at radius 1 is 1.41 bits per heavy atom. The highest BCUT2D eigenvalue weighted by molar-refractivity contribution is 5.94. The summed E-state index contributed by atoms with van der Waals surface area (Å²) < 4.78 is 1.98. The third-order valence-corrected chi connectivity index (χ3v) is 3.71. The summed E-state index contributed by atoms with van der Waals surface area (Å²) in [5.74, 6) is 1.62. The van der Waals surface area contributed by atoms with E-state index >= 15 is 0 Å². The van der Waals surface area contributed by atoms with Crippen molar-refractivity contribution in [2.75, 3.05) is 5.32 Å². The smallest absolute Gasteiger partial charge is 0.229 e. The maximum absolute atomic E-state index is 12.3. The molecule has 2 aromatic heterocycles. The number of hydrogen-bond acceptors (Lipinski definition) is 3. The van der Waals surface area contributed by atoms with Crippen molar-refractivity contribution in [1.29, 1.82) is 0 Å². The van der Waals surface area contributed by atoms with Gasteiger partial charge >= 0.3 is 0 Å². The Bertz CT molecular complexity index is 817. The molecule has 0 saturated carbocycles. The number of hydrogen-bond donors (Lipinski definition) is 2. The summed E-state index contributed by atoms with van der Waals surface area (Å²) in [7, 11) is 0. The number of nitrogens with one attached hydrogen (secondary N) is 2. The van der Waals surface area contributed by atoms with Gasteiger partial charge in [0.1, 0.15) is 11.6 Å². The van der Waals surface area contributed by atoms with Crippen molar-refractivity contribution in [2.45, 2.75) is 27.3 Å². The lowest BCUT2D eigenvalue weighted by molar-refractivity contribution is -0.119. The van der Waals surface area contributed by atoms with Crippen LogP contribution in [0.25, 0.3) is 11.0 Å². The Labute approximate surface area is 128 Å². The SMILES string of the molecule is Cc1nc2ccc(NC(=O)[C@@H](C)Cn3ccnc3C)cc2[nH]1. The Hall–Kier alpha value is -2.63. The van der Waals surface area contributed by atoms with Crippen LogP contribution in [0.1, 0.15) is 18.6 Å². The molecule has 1 amide bonds. The maximum Gasteiger partial charge on any atom is 0.229 e. The van der Waals surface area contributed by atoms with Crippen molar-refractivity contribution in [2.24, 2.45) is 5.92 Å². The molecule has 1 atom stereocenters. The second kappa shape index (κ2) is 5.63. The molecule has 0 aliphatic carbocycles. The monoisotopic (exact) mass is 297 g/mol. The Morgan fingerprint density at radius 3 is 2.95 bits per heavy atom. The van der Waals surface area contributed by atoms with Gasteiger partial charge in [0.15, 0.2) is 0 Å². The molecule has 0 radical (unpaired) electrons. The molecule has 0 aliphatic rings. The number of H-pyrrole nitrogens is 1. The quantitative estimate of drug-likeness (QED) is 0.777. The van der Waals surface area contributed by atoms with E-state index in [0.29, 0.717) is 6.54 Å². The van der Waals surface area contributed by atoms with E-state index in [4.69, 9.17) is 0 Å².